The maximum absolute atomic E-state index is 13.5. The van der Waals surface area contributed by atoms with Crippen molar-refractivity contribution in [1.82, 2.24) is 10.1 Å². The lowest BCUT2D eigenvalue weighted by atomic mass is 10.0. The number of nitrogens with zero attached hydrogens (tertiary/aromatic N) is 2. The first kappa shape index (κ1) is 10.5. The van der Waals surface area contributed by atoms with Gasteiger partial charge in [0.25, 0.3) is 0 Å². The van der Waals surface area contributed by atoms with Gasteiger partial charge in [-0.05, 0) is 13.0 Å². The zero-order valence-corrected chi connectivity index (χ0v) is 8.82. The van der Waals surface area contributed by atoms with E-state index in [1.165, 1.54) is 19.1 Å². The van der Waals surface area contributed by atoms with Crippen LogP contribution < -0.4 is 0 Å². The van der Waals surface area contributed by atoms with Gasteiger partial charge < -0.3 is 4.52 Å². The Morgan fingerprint density at radius 2 is 2.19 bits per heavy atom. The highest BCUT2D eigenvalue weighted by atomic mass is 19.1. The highest BCUT2D eigenvalue weighted by Gasteiger charge is 2.17. The van der Waals surface area contributed by atoms with Crippen LogP contribution in [0, 0.1) is 12.7 Å². The van der Waals surface area contributed by atoms with E-state index in [1.807, 2.05) is 0 Å². The molecule has 0 spiro atoms. The Morgan fingerprint density at radius 3 is 2.75 bits per heavy atom. The third-order valence-corrected chi connectivity index (χ3v) is 2.13. The standard InChI is InChI=1S/C11H9FN2O2/c1-6(15)10-8(4-3-5-9(10)12)11-13-7(2)16-14-11/h3-5H,1-2H3. The fraction of sp³-hybridized carbons (Fsp3) is 0.182. The first-order chi connectivity index (χ1) is 7.59. The number of carbonyl (C=O) groups is 1. The van der Waals surface area contributed by atoms with E-state index in [0.29, 0.717) is 11.5 Å². The molecule has 0 amide bonds. The number of aromatic nitrogens is 2. The lowest BCUT2D eigenvalue weighted by Gasteiger charge is -2.03. The zero-order chi connectivity index (χ0) is 11.7. The van der Waals surface area contributed by atoms with Crippen LogP contribution in [-0.4, -0.2) is 15.9 Å². The fourth-order valence-electron chi connectivity index (χ4n) is 1.48. The number of halogens is 1. The van der Waals surface area contributed by atoms with Crippen molar-refractivity contribution in [3.05, 3.63) is 35.5 Å². The first-order valence-electron chi connectivity index (χ1n) is 4.69. The van der Waals surface area contributed by atoms with Crippen LogP contribution in [0.15, 0.2) is 22.7 Å². The van der Waals surface area contributed by atoms with Crippen molar-refractivity contribution in [3.63, 3.8) is 0 Å². The third kappa shape index (κ3) is 1.71. The summed E-state index contributed by atoms with van der Waals surface area (Å²) in [6, 6.07) is 4.32. The molecule has 2 aromatic rings. The van der Waals surface area contributed by atoms with Crippen LogP contribution in [0.4, 0.5) is 4.39 Å². The molecule has 2 rings (SSSR count). The van der Waals surface area contributed by atoms with Crippen LogP contribution in [0.3, 0.4) is 0 Å². The molecule has 0 bridgehead atoms. The van der Waals surface area contributed by atoms with Crippen LogP contribution in [0.25, 0.3) is 11.4 Å². The molecule has 4 nitrogen and oxygen atoms in total. The summed E-state index contributed by atoms with van der Waals surface area (Å²) >= 11 is 0. The molecule has 0 saturated heterocycles. The van der Waals surface area contributed by atoms with Crippen LogP contribution >= 0.6 is 0 Å². The molecule has 16 heavy (non-hydrogen) atoms. The molecular formula is C11H9FN2O2. The summed E-state index contributed by atoms with van der Waals surface area (Å²) < 4.78 is 18.3. The van der Waals surface area contributed by atoms with E-state index >= 15 is 0 Å². The Morgan fingerprint density at radius 1 is 1.44 bits per heavy atom. The molecule has 0 atom stereocenters. The van der Waals surface area contributed by atoms with Gasteiger partial charge in [0.2, 0.25) is 11.7 Å². The second-order valence-electron chi connectivity index (χ2n) is 3.36. The Hall–Kier alpha value is -2.04. The lowest BCUT2D eigenvalue weighted by Crippen LogP contribution is -2.01. The summed E-state index contributed by atoms with van der Waals surface area (Å²) in [4.78, 5) is 15.3. The Balaban J connectivity index is 2.65. The molecule has 0 radical (unpaired) electrons. The van der Waals surface area contributed by atoms with Gasteiger partial charge in [-0.25, -0.2) is 4.39 Å². The number of ketones is 1. The van der Waals surface area contributed by atoms with E-state index in [-0.39, 0.29) is 17.2 Å². The van der Waals surface area contributed by atoms with Crippen molar-refractivity contribution in [2.75, 3.05) is 0 Å². The lowest BCUT2D eigenvalue weighted by molar-refractivity contribution is 0.101. The molecule has 1 aromatic carbocycles. The van der Waals surface area contributed by atoms with Gasteiger partial charge in [-0.1, -0.05) is 17.3 Å². The summed E-state index contributed by atoms with van der Waals surface area (Å²) in [6.45, 7) is 2.93. The zero-order valence-electron chi connectivity index (χ0n) is 8.82. The van der Waals surface area contributed by atoms with Crippen molar-refractivity contribution in [3.8, 4) is 11.4 Å². The molecule has 5 heteroatoms. The maximum atomic E-state index is 13.5. The fourth-order valence-corrected chi connectivity index (χ4v) is 1.48. The molecule has 0 aliphatic rings. The number of hydrogen-bond donors (Lipinski definition) is 0. The molecule has 0 aliphatic heterocycles. The number of rotatable bonds is 2. The number of hydrogen-bond acceptors (Lipinski definition) is 4. The van der Waals surface area contributed by atoms with Crippen molar-refractivity contribution in [1.29, 1.82) is 0 Å². The molecule has 0 fully saturated rings. The number of Topliss-reactive ketones (excluding diaryl/α,β-unsaturated/α-hetero) is 1. The summed E-state index contributed by atoms with van der Waals surface area (Å²) in [6.07, 6.45) is 0. The monoisotopic (exact) mass is 220 g/mol. The second-order valence-corrected chi connectivity index (χ2v) is 3.36. The molecule has 0 unspecified atom stereocenters. The molecular weight excluding hydrogens is 211 g/mol. The Labute approximate surface area is 91.1 Å². The molecule has 1 heterocycles. The van der Waals surface area contributed by atoms with Crippen molar-refractivity contribution < 1.29 is 13.7 Å². The van der Waals surface area contributed by atoms with Crippen LogP contribution in [0.5, 0.6) is 0 Å². The van der Waals surface area contributed by atoms with E-state index in [9.17, 15) is 9.18 Å². The molecule has 0 saturated carbocycles. The van der Waals surface area contributed by atoms with Crippen LogP contribution in [-0.2, 0) is 0 Å². The maximum Gasteiger partial charge on any atom is 0.223 e. The Bertz CT molecular complexity index is 549. The molecule has 0 N–H and O–H groups in total. The second kappa shape index (κ2) is 3.84. The number of benzene rings is 1. The smallest absolute Gasteiger partial charge is 0.223 e. The summed E-state index contributed by atoms with van der Waals surface area (Å²) in [5.41, 5.74) is 0.340. The van der Waals surface area contributed by atoms with Gasteiger partial charge in [0, 0.05) is 12.5 Å². The average Bonchev–Trinajstić information content (AvgIpc) is 2.63. The van der Waals surface area contributed by atoms with Crippen LogP contribution in [0.1, 0.15) is 23.2 Å². The van der Waals surface area contributed by atoms with E-state index in [0.717, 1.165) is 0 Å². The first-order valence-corrected chi connectivity index (χ1v) is 4.69. The van der Waals surface area contributed by atoms with E-state index < -0.39 is 5.82 Å². The van der Waals surface area contributed by atoms with Gasteiger partial charge in [0.15, 0.2) is 5.78 Å². The SMILES string of the molecule is CC(=O)c1c(F)cccc1-c1noc(C)n1. The van der Waals surface area contributed by atoms with Crippen LogP contribution in [0.2, 0.25) is 0 Å². The predicted octanol–water partition coefficient (Wildman–Crippen LogP) is 2.39. The average molecular weight is 220 g/mol. The number of carbonyl (C=O) groups excluding carboxylic acids is 1. The minimum absolute atomic E-state index is 0.0108. The highest BCUT2D eigenvalue weighted by molar-refractivity contribution is 6.00. The summed E-state index contributed by atoms with van der Waals surface area (Å²) in [5.74, 6) is -0.348. The van der Waals surface area contributed by atoms with Gasteiger partial charge >= 0.3 is 0 Å². The number of aryl methyl sites for hydroxylation is 1. The van der Waals surface area contributed by atoms with Crippen molar-refractivity contribution >= 4 is 5.78 Å². The van der Waals surface area contributed by atoms with Gasteiger partial charge in [-0.3, -0.25) is 4.79 Å². The topological polar surface area (TPSA) is 56.0 Å². The van der Waals surface area contributed by atoms with Crippen molar-refractivity contribution in [2.45, 2.75) is 13.8 Å². The molecule has 0 aliphatic carbocycles. The van der Waals surface area contributed by atoms with Gasteiger partial charge in [-0.15, -0.1) is 0 Å². The van der Waals surface area contributed by atoms with Gasteiger partial charge in [0.05, 0.1) is 5.56 Å². The predicted molar refractivity (Wildman–Crippen MR) is 54.4 cm³/mol. The van der Waals surface area contributed by atoms with Gasteiger partial charge in [0.1, 0.15) is 5.82 Å². The summed E-state index contributed by atoms with van der Waals surface area (Å²) in [5, 5.41) is 3.67. The normalized spacial score (nSPS) is 10.4. The largest absolute Gasteiger partial charge is 0.339 e. The molecule has 1 aromatic heterocycles. The van der Waals surface area contributed by atoms with Crippen molar-refractivity contribution in [2.24, 2.45) is 0 Å². The third-order valence-electron chi connectivity index (χ3n) is 2.13. The highest BCUT2D eigenvalue weighted by Crippen LogP contribution is 2.23. The van der Waals surface area contributed by atoms with E-state index in [2.05, 4.69) is 10.1 Å². The van der Waals surface area contributed by atoms with E-state index in [1.54, 1.807) is 13.0 Å². The van der Waals surface area contributed by atoms with E-state index in [4.69, 9.17) is 4.52 Å². The quantitative estimate of drug-likeness (QED) is 0.729. The molecule has 82 valence electrons. The summed E-state index contributed by atoms with van der Waals surface area (Å²) in [7, 11) is 0. The Kier molecular flexibility index (Phi) is 2.52. The minimum Gasteiger partial charge on any atom is -0.339 e. The van der Waals surface area contributed by atoms with Gasteiger partial charge in [-0.2, -0.15) is 4.98 Å². The minimum atomic E-state index is -0.576.